The normalized spacial score (nSPS) is 21.7. The number of carbonyl (C=O) groups excluding carboxylic acids is 1. The van der Waals surface area contributed by atoms with E-state index in [9.17, 15) is 4.79 Å². The SMILES string of the molecule is CCC1OCCC1C(=O)Nc1ccc(C(N)=S)cc1Br. The maximum atomic E-state index is 12.3. The number of nitrogens with one attached hydrogen (secondary N) is 1. The fourth-order valence-electron chi connectivity index (χ4n) is 2.35. The maximum Gasteiger partial charge on any atom is 0.230 e. The van der Waals surface area contributed by atoms with E-state index in [2.05, 4.69) is 21.2 Å². The molecule has 0 radical (unpaired) electrons. The van der Waals surface area contributed by atoms with Gasteiger partial charge in [-0.3, -0.25) is 4.79 Å². The van der Waals surface area contributed by atoms with Gasteiger partial charge in [-0.25, -0.2) is 0 Å². The van der Waals surface area contributed by atoms with E-state index in [4.69, 9.17) is 22.7 Å². The van der Waals surface area contributed by atoms with E-state index in [-0.39, 0.29) is 17.9 Å². The van der Waals surface area contributed by atoms with Crippen LogP contribution in [0.25, 0.3) is 0 Å². The molecular weight excluding hydrogens is 340 g/mol. The van der Waals surface area contributed by atoms with E-state index < -0.39 is 0 Å². The van der Waals surface area contributed by atoms with Crippen LogP contribution in [0, 0.1) is 5.92 Å². The van der Waals surface area contributed by atoms with Gasteiger partial charge in [0.25, 0.3) is 0 Å². The van der Waals surface area contributed by atoms with Gasteiger partial charge in [-0.1, -0.05) is 19.1 Å². The van der Waals surface area contributed by atoms with Gasteiger partial charge < -0.3 is 15.8 Å². The van der Waals surface area contributed by atoms with Gasteiger partial charge in [-0.05, 0) is 47.0 Å². The third-order valence-corrected chi connectivity index (χ3v) is 4.35. The molecule has 1 aliphatic rings. The van der Waals surface area contributed by atoms with E-state index >= 15 is 0 Å². The largest absolute Gasteiger partial charge is 0.389 e. The van der Waals surface area contributed by atoms with Crippen molar-refractivity contribution in [3.8, 4) is 0 Å². The van der Waals surface area contributed by atoms with Crippen LogP contribution >= 0.6 is 28.1 Å². The van der Waals surface area contributed by atoms with Gasteiger partial charge in [-0.2, -0.15) is 0 Å². The van der Waals surface area contributed by atoms with Crippen molar-refractivity contribution in [2.75, 3.05) is 11.9 Å². The van der Waals surface area contributed by atoms with E-state index in [1.54, 1.807) is 18.2 Å². The first-order valence-corrected chi connectivity index (χ1v) is 7.75. The Morgan fingerprint density at radius 1 is 1.60 bits per heavy atom. The Hall–Kier alpha value is -0.980. The Kier molecular flexibility index (Phi) is 5.12. The van der Waals surface area contributed by atoms with Crippen molar-refractivity contribution in [2.24, 2.45) is 11.7 Å². The Labute approximate surface area is 132 Å². The molecule has 0 spiro atoms. The molecule has 0 aliphatic carbocycles. The highest BCUT2D eigenvalue weighted by Gasteiger charge is 2.32. The second kappa shape index (κ2) is 6.65. The highest BCUT2D eigenvalue weighted by molar-refractivity contribution is 9.10. The summed E-state index contributed by atoms with van der Waals surface area (Å²) in [7, 11) is 0. The Balaban J connectivity index is 2.10. The van der Waals surface area contributed by atoms with Crippen molar-refractivity contribution in [3.05, 3.63) is 28.2 Å². The molecule has 6 heteroatoms. The predicted octanol–water partition coefficient (Wildman–Crippen LogP) is 2.84. The van der Waals surface area contributed by atoms with Gasteiger partial charge >= 0.3 is 0 Å². The van der Waals surface area contributed by atoms with Gasteiger partial charge in [0, 0.05) is 16.6 Å². The third kappa shape index (κ3) is 3.37. The molecular formula is C14H17BrN2O2S. The molecule has 1 aromatic rings. The summed E-state index contributed by atoms with van der Waals surface area (Å²) in [5.41, 5.74) is 7.06. The van der Waals surface area contributed by atoms with Crippen LogP contribution in [0.3, 0.4) is 0 Å². The Bertz CT molecular complexity index is 536. The van der Waals surface area contributed by atoms with Crippen LogP contribution in [0.1, 0.15) is 25.3 Å². The van der Waals surface area contributed by atoms with Crippen molar-refractivity contribution >= 4 is 44.7 Å². The van der Waals surface area contributed by atoms with E-state index in [1.807, 2.05) is 6.92 Å². The van der Waals surface area contributed by atoms with Gasteiger partial charge in [0.1, 0.15) is 4.99 Å². The van der Waals surface area contributed by atoms with E-state index in [0.29, 0.717) is 11.6 Å². The number of amides is 1. The lowest BCUT2D eigenvalue weighted by molar-refractivity contribution is -0.121. The van der Waals surface area contributed by atoms with Gasteiger partial charge in [0.2, 0.25) is 5.91 Å². The van der Waals surface area contributed by atoms with E-state index in [1.165, 1.54) is 0 Å². The number of hydrogen-bond donors (Lipinski definition) is 2. The monoisotopic (exact) mass is 356 g/mol. The van der Waals surface area contributed by atoms with Crippen LogP contribution in [0.5, 0.6) is 0 Å². The molecule has 0 saturated carbocycles. The fourth-order valence-corrected chi connectivity index (χ4v) is 2.95. The average molecular weight is 357 g/mol. The summed E-state index contributed by atoms with van der Waals surface area (Å²) in [6.07, 6.45) is 1.64. The molecule has 20 heavy (non-hydrogen) atoms. The standard InChI is InChI=1S/C14H17BrN2O2S/c1-2-12-9(5-6-19-12)14(18)17-11-4-3-8(13(16)20)7-10(11)15/h3-4,7,9,12H,2,5-6H2,1H3,(H2,16,20)(H,17,18). The molecule has 1 aromatic carbocycles. The maximum absolute atomic E-state index is 12.3. The minimum absolute atomic E-state index is 0.00174. The molecule has 108 valence electrons. The third-order valence-electron chi connectivity index (χ3n) is 3.46. The van der Waals surface area contributed by atoms with E-state index in [0.717, 1.165) is 28.6 Å². The molecule has 0 aromatic heterocycles. The first kappa shape index (κ1) is 15.4. The van der Waals surface area contributed by atoms with Gasteiger partial charge in [-0.15, -0.1) is 0 Å². The minimum atomic E-state index is -0.0813. The molecule has 1 saturated heterocycles. The summed E-state index contributed by atoms with van der Waals surface area (Å²) in [5.74, 6) is -0.0831. The van der Waals surface area contributed by atoms with Gasteiger partial charge in [0.15, 0.2) is 0 Å². The highest BCUT2D eigenvalue weighted by atomic mass is 79.9. The summed E-state index contributed by atoms with van der Waals surface area (Å²) in [4.78, 5) is 12.6. The lowest BCUT2D eigenvalue weighted by Gasteiger charge is -2.17. The summed E-state index contributed by atoms with van der Waals surface area (Å²) < 4.78 is 6.31. The number of nitrogens with two attached hydrogens (primary N) is 1. The quantitative estimate of drug-likeness (QED) is 0.814. The van der Waals surface area contributed by atoms with Crippen molar-refractivity contribution in [1.82, 2.24) is 0 Å². The topological polar surface area (TPSA) is 64.3 Å². The zero-order valence-electron chi connectivity index (χ0n) is 11.2. The Morgan fingerprint density at radius 2 is 2.35 bits per heavy atom. The summed E-state index contributed by atoms with van der Waals surface area (Å²) in [6, 6.07) is 5.40. The zero-order valence-corrected chi connectivity index (χ0v) is 13.6. The minimum Gasteiger partial charge on any atom is -0.389 e. The molecule has 1 aliphatic heterocycles. The summed E-state index contributed by atoms with van der Waals surface area (Å²) >= 11 is 8.35. The van der Waals surface area contributed by atoms with Crippen LogP contribution in [0.15, 0.2) is 22.7 Å². The van der Waals surface area contributed by atoms with Crippen LogP contribution < -0.4 is 11.1 Å². The number of thiocarbonyl (C=S) groups is 1. The van der Waals surface area contributed by atoms with Gasteiger partial charge in [0.05, 0.1) is 17.7 Å². The molecule has 1 amide bonds. The lowest BCUT2D eigenvalue weighted by Crippen LogP contribution is -2.29. The average Bonchev–Trinajstić information content (AvgIpc) is 2.89. The van der Waals surface area contributed by atoms with Crippen LogP contribution in [0.2, 0.25) is 0 Å². The van der Waals surface area contributed by atoms with Crippen molar-refractivity contribution in [2.45, 2.75) is 25.9 Å². The molecule has 1 heterocycles. The highest BCUT2D eigenvalue weighted by Crippen LogP contribution is 2.28. The number of benzene rings is 1. The number of halogens is 1. The number of hydrogen-bond acceptors (Lipinski definition) is 3. The van der Waals surface area contributed by atoms with Crippen LogP contribution in [-0.2, 0) is 9.53 Å². The first-order chi connectivity index (χ1) is 9.52. The smallest absolute Gasteiger partial charge is 0.230 e. The molecule has 3 N–H and O–H groups in total. The molecule has 2 rings (SSSR count). The molecule has 4 nitrogen and oxygen atoms in total. The number of rotatable bonds is 4. The van der Waals surface area contributed by atoms with Crippen molar-refractivity contribution in [1.29, 1.82) is 0 Å². The lowest BCUT2D eigenvalue weighted by atomic mass is 9.98. The summed E-state index contributed by atoms with van der Waals surface area (Å²) in [5, 5.41) is 2.93. The second-order valence-electron chi connectivity index (χ2n) is 4.76. The van der Waals surface area contributed by atoms with Crippen molar-refractivity contribution < 1.29 is 9.53 Å². The summed E-state index contributed by atoms with van der Waals surface area (Å²) in [6.45, 7) is 2.68. The second-order valence-corrected chi connectivity index (χ2v) is 6.05. The Morgan fingerprint density at radius 3 is 2.95 bits per heavy atom. The fraction of sp³-hybridized carbons (Fsp3) is 0.429. The number of carbonyl (C=O) groups is 1. The van der Waals surface area contributed by atoms with Crippen LogP contribution in [0.4, 0.5) is 5.69 Å². The first-order valence-electron chi connectivity index (χ1n) is 6.54. The molecule has 2 atom stereocenters. The number of ether oxygens (including phenoxy) is 1. The number of anilines is 1. The molecule has 0 bridgehead atoms. The molecule has 2 unspecified atom stereocenters. The zero-order chi connectivity index (χ0) is 14.7. The molecule has 1 fully saturated rings. The van der Waals surface area contributed by atoms with Crippen molar-refractivity contribution in [3.63, 3.8) is 0 Å². The predicted molar refractivity (Wildman–Crippen MR) is 86.8 cm³/mol. The van der Waals surface area contributed by atoms with Crippen LogP contribution in [-0.4, -0.2) is 23.6 Å².